The number of nitrogens with zero attached hydrogens (tertiary/aromatic N) is 2. The first-order valence-electron chi connectivity index (χ1n) is 6.44. The number of thiophene rings is 1. The van der Waals surface area contributed by atoms with Gasteiger partial charge in [-0.1, -0.05) is 41.0 Å². The Balaban J connectivity index is 1.67. The minimum atomic E-state index is -0.465. The number of ether oxygens (including phenoxy) is 1. The molecule has 0 saturated heterocycles. The van der Waals surface area contributed by atoms with Crippen molar-refractivity contribution in [2.24, 2.45) is 0 Å². The van der Waals surface area contributed by atoms with Crippen molar-refractivity contribution in [1.82, 2.24) is 10.1 Å². The molecule has 0 atom stereocenters. The van der Waals surface area contributed by atoms with Gasteiger partial charge in [-0.15, -0.1) is 11.3 Å². The molecule has 5 nitrogen and oxygen atoms in total. The third-order valence-corrected chi connectivity index (χ3v) is 4.17. The van der Waals surface area contributed by atoms with Crippen LogP contribution in [0.5, 0.6) is 0 Å². The average Bonchev–Trinajstić information content (AvgIpc) is 3.14. The zero-order valence-corrected chi connectivity index (χ0v) is 13.1. The molecule has 2 heterocycles. The van der Waals surface area contributed by atoms with E-state index in [0.717, 1.165) is 22.5 Å². The van der Waals surface area contributed by atoms with Crippen LogP contribution in [0.15, 0.2) is 40.9 Å². The van der Waals surface area contributed by atoms with E-state index in [1.165, 1.54) is 0 Å². The lowest BCUT2D eigenvalue weighted by Crippen LogP contribution is -2.03. The summed E-state index contributed by atoms with van der Waals surface area (Å²) >= 11 is 6.94. The smallest absolute Gasteiger partial charge is 0.348 e. The van der Waals surface area contributed by atoms with E-state index >= 15 is 0 Å². The quantitative estimate of drug-likeness (QED) is 0.671. The van der Waals surface area contributed by atoms with Crippen LogP contribution in [0.25, 0.3) is 11.4 Å². The SMILES string of the molecule is Cc1ccccc1-c1noc(COC(=O)c2ccc(Cl)s2)n1. The standard InChI is InChI=1S/C15H11ClN2O3S/c1-9-4-2-3-5-10(9)14-17-13(21-18-14)8-20-15(19)11-6-7-12(16)22-11/h2-7H,8H2,1H3. The van der Waals surface area contributed by atoms with Gasteiger partial charge in [0.1, 0.15) is 4.88 Å². The van der Waals surface area contributed by atoms with Gasteiger partial charge in [0.2, 0.25) is 5.82 Å². The van der Waals surface area contributed by atoms with Gasteiger partial charge in [-0.25, -0.2) is 4.79 Å². The Kier molecular flexibility index (Phi) is 4.22. The lowest BCUT2D eigenvalue weighted by molar-refractivity contribution is 0.0435. The van der Waals surface area contributed by atoms with Crippen molar-refractivity contribution in [1.29, 1.82) is 0 Å². The van der Waals surface area contributed by atoms with Gasteiger partial charge in [-0.05, 0) is 24.6 Å². The first-order valence-corrected chi connectivity index (χ1v) is 7.64. The van der Waals surface area contributed by atoms with Crippen molar-refractivity contribution in [2.45, 2.75) is 13.5 Å². The summed E-state index contributed by atoms with van der Waals surface area (Å²) in [5, 5.41) is 3.91. The number of carbonyl (C=O) groups is 1. The number of carbonyl (C=O) groups excluding carboxylic acids is 1. The molecule has 0 fully saturated rings. The topological polar surface area (TPSA) is 65.2 Å². The molecular formula is C15H11ClN2O3S. The normalized spacial score (nSPS) is 10.6. The highest BCUT2D eigenvalue weighted by molar-refractivity contribution is 7.17. The highest BCUT2D eigenvalue weighted by Gasteiger charge is 2.14. The van der Waals surface area contributed by atoms with E-state index in [9.17, 15) is 4.79 Å². The van der Waals surface area contributed by atoms with Gasteiger partial charge in [0.25, 0.3) is 5.89 Å². The number of benzene rings is 1. The van der Waals surface area contributed by atoms with Crippen molar-refractivity contribution < 1.29 is 14.1 Å². The summed E-state index contributed by atoms with van der Waals surface area (Å²) in [5.74, 6) is 0.255. The van der Waals surface area contributed by atoms with E-state index in [0.29, 0.717) is 15.0 Å². The molecule has 3 rings (SSSR count). The zero-order valence-electron chi connectivity index (χ0n) is 11.6. The number of aromatic nitrogens is 2. The fraction of sp³-hybridized carbons (Fsp3) is 0.133. The maximum absolute atomic E-state index is 11.8. The van der Waals surface area contributed by atoms with E-state index in [4.69, 9.17) is 20.9 Å². The second-order valence-corrected chi connectivity index (χ2v) is 6.22. The highest BCUT2D eigenvalue weighted by Crippen LogP contribution is 2.23. The first kappa shape index (κ1) is 14.7. The van der Waals surface area contributed by atoms with Crippen LogP contribution in [0.4, 0.5) is 0 Å². The van der Waals surface area contributed by atoms with Gasteiger partial charge in [-0.2, -0.15) is 4.98 Å². The first-order chi connectivity index (χ1) is 10.6. The molecule has 112 valence electrons. The fourth-order valence-electron chi connectivity index (χ4n) is 1.87. The third kappa shape index (κ3) is 3.18. The fourth-order valence-corrected chi connectivity index (χ4v) is 2.81. The lowest BCUT2D eigenvalue weighted by atomic mass is 10.1. The van der Waals surface area contributed by atoms with Crippen molar-refractivity contribution in [3.05, 3.63) is 57.1 Å². The predicted molar refractivity (Wildman–Crippen MR) is 82.9 cm³/mol. The maximum Gasteiger partial charge on any atom is 0.348 e. The van der Waals surface area contributed by atoms with Gasteiger partial charge >= 0.3 is 5.97 Å². The maximum atomic E-state index is 11.8. The Labute approximate surface area is 135 Å². The Morgan fingerprint density at radius 1 is 1.32 bits per heavy atom. The molecule has 0 aliphatic carbocycles. The summed E-state index contributed by atoms with van der Waals surface area (Å²) in [6, 6.07) is 11.0. The summed E-state index contributed by atoms with van der Waals surface area (Å²) in [6.07, 6.45) is 0. The monoisotopic (exact) mass is 334 g/mol. The van der Waals surface area contributed by atoms with Crippen LogP contribution >= 0.6 is 22.9 Å². The summed E-state index contributed by atoms with van der Waals surface area (Å²) in [7, 11) is 0. The Bertz CT molecular complexity index is 812. The van der Waals surface area contributed by atoms with Crippen LogP contribution in [-0.2, 0) is 11.3 Å². The van der Waals surface area contributed by atoms with Crippen LogP contribution in [0.2, 0.25) is 4.34 Å². The van der Waals surface area contributed by atoms with Crippen LogP contribution < -0.4 is 0 Å². The number of aryl methyl sites for hydroxylation is 1. The molecule has 2 aromatic heterocycles. The summed E-state index contributed by atoms with van der Waals surface area (Å²) in [4.78, 5) is 16.5. The average molecular weight is 335 g/mol. The Morgan fingerprint density at radius 3 is 2.86 bits per heavy atom. The van der Waals surface area contributed by atoms with E-state index in [-0.39, 0.29) is 12.5 Å². The molecule has 1 aromatic carbocycles. The largest absolute Gasteiger partial charge is 0.451 e. The molecule has 0 bridgehead atoms. The molecule has 3 aromatic rings. The molecule has 0 saturated carbocycles. The van der Waals surface area contributed by atoms with Gasteiger partial charge in [0.05, 0.1) is 4.34 Å². The van der Waals surface area contributed by atoms with E-state index < -0.39 is 5.97 Å². The van der Waals surface area contributed by atoms with Crippen LogP contribution in [-0.4, -0.2) is 16.1 Å². The van der Waals surface area contributed by atoms with Gasteiger partial charge in [0, 0.05) is 5.56 Å². The second kappa shape index (κ2) is 6.29. The van der Waals surface area contributed by atoms with Crippen molar-refractivity contribution in [2.75, 3.05) is 0 Å². The number of esters is 1. The Morgan fingerprint density at radius 2 is 2.14 bits per heavy atom. The van der Waals surface area contributed by atoms with Crippen molar-refractivity contribution in [3.8, 4) is 11.4 Å². The van der Waals surface area contributed by atoms with Crippen LogP contribution in [0.3, 0.4) is 0 Å². The molecule has 0 aliphatic rings. The van der Waals surface area contributed by atoms with E-state index in [1.807, 2.05) is 31.2 Å². The van der Waals surface area contributed by atoms with Crippen molar-refractivity contribution in [3.63, 3.8) is 0 Å². The second-order valence-electron chi connectivity index (χ2n) is 4.51. The summed E-state index contributed by atoms with van der Waals surface area (Å²) < 4.78 is 10.8. The number of halogens is 1. The van der Waals surface area contributed by atoms with Crippen molar-refractivity contribution >= 4 is 28.9 Å². The third-order valence-electron chi connectivity index (χ3n) is 2.96. The van der Waals surface area contributed by atoms with Gasteiger partial charge < -0.3 is 9.26 Å². The molecule has 22 heavy (non-hydrogen) atoms. The summed E-state index contributed by atoms with van der Waals surface area (Å²) in [5.41, 5.74) is 1.92. The number of hydrogen-bond acceptors (Lipinski definition) is 6. The van der Waals surface area contributed by atoms with Gasteiger partial charge in [-0.3, -0.25) is 0 Å². The minimum absolute atomic E-state index is 0.0762. The molecule has 0 spiro atoms. The molecule has 0 aliphatic heterocycles. The highest BCUT2D eigenvalue weighted by atomic mass is 35.5. The molecule has 7 heteroatoms. The zero-order chi connectivity index (χ0) is 15.5. The van der Waals surface area contributed by atoms with Crippen LogP contribution in [0, 0.1) is 6.92 Å². The molecule has 0 amide bonds. The summed E-state index contributed by atoms with van der Waals surface area (Å²) in [6.45, 7) is 1.89. The minimum Gasteiger partial charge on any atom is -0.451 e. The van der Waals surface area contributed by atoms with E-state index in [1.54, 1.807) is 12.1 Å². The van der Waals surface area contributed by atoms with Gasteiger partial charge in [0.15, 0.2) is 6.61 Å². The van der Waals surface area contributed by atoms with E-state index in [2.05, 4.69) is 10.1 Å². The molecule has 0 N–H and O–H groups in total. The molecule has 0 radical (unpaired) electrons. The number of rotatable bonds is 4. The predicted octanol–water partition coefficient (Wildman–Crippen LogP) is 4.12. The number of hydrogen-bond donors (Lipinski definition) is 0. The molecule has 0 unspecified atom stereocenters. The lowest BCUT2D eigenvalue weighted by Gasteiger charge is -1.99. The van der Waals surface area contributed by atoms with Crippen LogP contribution in [0.1, 0.15) is 21.1 Å². The molecular weight excluding hydrogens is 324 g/mol. The Hall–Kier alpha value is -2.18.